The Morgan fingerprint density at radius 1 is 1.04 bits per heavy atom. The first-order chi connectivity index (χ1) is 12.3. The Morgan fingerprint density at radius 2 is 1.73 bits per heavy atom. The van der Waals surface area contributed by atoms with E-state index < -0.39 is 12.1 Å². The van der Waals surface area contributed by atoms with Crippen molar-refractivity contribution in [1.82, 2.24) is 0 Å². The van der Waals surface area contributed by atoms with E-state index in [-0.39, 0.29) is 29.3 Å². The van der Waals surface area contributed by atoms with E-state index in [1.54, 1.807) is 0 Å². The van der Waals surface area contributed by atoms with E-state index in [0.29, 0.717) is 30.1 Å². The fourth-order valence-corrected chi connectivity index (χ4v) is 8.03. The SMILES string of the molecule is CC12CCC3C(C(F)CC4C[C@H](O)CCC43C)C1CCC2CCC(=O)O. The van der Waals surface area contributed by atoms with Crippen LogP contribution in [-0.4, -0.2) is 28.5 Å². The van der Waals surface area contributed by atoms with Crippen LogP contribution in [0.3, 0.4) is 0 Å². The second-order valence-corrected chi connectivity index (χ2v) is 10.4. The van der Waals surface area contributed by atoms with Gasteiger partial charge in [0.15, 0.2) is 0 Å². The molecule has 148 valence electrons. The zero-order valence-corrected chi connectivity index (χ0v) is 16.3. The summed E-state index contributed by atoms with van der Waals surface area (Å²) in [5.41, 5.74) is 0.311. The average molecular weight is 367 g/mol. The van der Waals surface area contributed by atoms with Crippen molar-refractivity contribution in [3.63, 3.8) is 0 Å². The molecule has 4 aliphatic carbocycles. The Bertz CT molecular complexity index is 566. The first kappa shape index (κ1) is 18.7. The van der Waals surface area contributed by atoms with E-state index in [4.69, 9.17) is 5.11 Å². The lowest BCUT2D eigenvalue weighted by molar-refractivity contribution is -0.156. The highest BCUT2D eigenvalue weighted by Gasteiger charge is 2.62. The maximum Gasteiger partial charge on any atom is 0.303 e. The fraction of sp³-hybridized carbons (Fsp3) is 0.955. The number of carbonyl (C=O) groups is 1. The number of aliphatic hydroxyl groups excluding tert-OH is 1. The number of rotatable bonds is 3. The monoisotopic (exact) mass is 366 g/mol. The third-order valence-electron chi connectivity index (χ3n) is 9.52. The lowest BCUT2D eigenvalue weighted by atomic mass is 9.44. The van der Waals surface area contributed by atoms with Gasteiger partial charge in [0.1, 0.15) is 6.17 Å². The van der Waals surface area contributed by atoms with E-state index in [9.17, 15) is 9.90 Å². The number of hydrogen-bond acceptors (Lipinski definition) is 2. The van der Waals surface area contributed by atoms with Gasteiger partial charge < -0.3 is 10.2 Å². The van der Waals surface area contributed by atoms with Crippen molar-refractivity contribution < 1.29 is 19.4 Å². The number of carboxylic acids is 1. The number of carboxylic acid groups (broad SMARTS) is 1. The molecule has 0 radical (unpaired) electrons. The van der Waals surface area contributed by atoms with Crippen molar-refractivity contribution in [3.05, 3.63) is 0 Å². The number of fused-ring (bicyclic) bond motifs is 5. The zero-order valence-electron chi connectivity index (χ0n) is 16.3. The Morgan fingerprint density at radius 3 is 2.46 bits per heavy atom. The first-order valence-electron chi connectivity index (χ1n) is 10.8. The van der Waals surface area contributed by atoms with Crippen molar-refractivity contribution in [2.24, 2.45) is 40.4 Å². The molecule has 0 amide bonds. The van der Waals surface area contributed by atoms with Crippen LogP contribution in [0.4, 0.5) is 4.39 Å². The van der Waals surface area contributed by atoms with Gasteiger partial charge in [-0.05, 0) is 98.2 Å². The van der Waals surface area contributed by atoms with Crippen LogP contribution in [0.5, 0.6) is 0 Å². The number of alkyl halides is 1. The topological polar surface area (TPSA) is 57.5 Å². The minimum atomic E-state index is -0.744. The molecule has 26 heavy (non-hydrogen) atoms. The normalized spacial score (nSPS) is 53.5. The summed E-state index contributed by atoms with van der Waals surface area (Å²) in [7, 11) is 0. The molecule has 0 bridgehead atoms. The molecule has 3 nitrogen and oxygen atoms in total. The molecule has 4 heteroatoms. The summed E-state index contributed by atoms with van der Waals surface area (Å²) in [5, 5.41) is 19.2. The Balaban J connectivity index is 1.57. The van der Waals surface area contributed by atoms with Crippen LogP contribution in [0.2, 0.25) is 0 Å². The van der Waals surface area contributed by atoms with Gasteiger partial charge in [-0.2, -0.15) is 0 Å². The maximum absolute atomic E-state index is 15.5. The summed E-state index contributed by atoms with van der Waals surface area (Å²) in [6, 6.07) is 0. The van der Waals surface area contributed by atoms with Gasteiger partial charge in [-0.1, -0.05) is 13.8 Å². The minimum absolute atomic E-state index is 0.123. The first-order valence-corrected chi connectivity index (χ1v) is 10.8. The quantitative estimate of drug-likeness (QED) is 0.753. The minimum Gasteiger partial charge on any atom is -0.481 e. The Hall–Kier alpha value is -0.640. The fourth-order valence-electron chi connectivity index (χ4n) is 8.03. The van der Waals surface area contributed by atoms with Gasteiger partial charge in [-0.15, -0.1) is 0 Å². The summed E-state index contributed by atoms with van der Waals surface area (Å²) in [6.45, 7) is 4.71. The van der Waals surface area contributed by atoms with Gasteiger partial charge in [-0.3, -0.25) is 4.79 Å². The third-order valence-corrected chi connectivity index (χ3v) is 9.52. The number of hydrogen-bond donors (Lipinski definition) is 2. The Kier molecular flexibility index (Phi) is 4.65. The van der Waals surface area contributed by atoms with Crippen LogP contribution >= 0.6 is 0 Å². The molecule has 2 N–H and O–H groups in total. The standard InChI is InChI=1S/C22H35FO3/c1-21-10-8-17-20(16(21)5-3-13(21)4-6-19(25)26)18(23)12-14-11-15(24)7-9-22(14,17)2/h13-18,20,24H,3-12H2,1-2H3,(H,25,26)/t13?,14?,15-,16?,17?,18?,20?,21?,22?/m1/s1. The molecule has 0 saturated heterocycles. The van der Waals surface area contributed by atoms with Crippen LogP contribution in [0.15, 0.2) is 0 Å². The molecule has 0 heterocycles. The van der Waals surface area contributed by atoms with Crippen molar-refractivity contribution in [1.29, 1.82) is 0 Å². The van der Waals surface area contributed by atoms with E-state index >= 15 is 4.39 Å². The van der Waals surface area contributed by atoms with E-state index in [1.807, 2.05) is 0 Å². The third kappa shape index (κ3) is 2.73. The number of aliphatic hydroxyl groups is 1. The second-order valence-electron chi connectivity index (χ2n) is 10.4. The summed E-state index contributed by atoms with van der Waals surface area (Å²) >= 11 is 0. The lowest BCUT2D eigenvalue weighted by Crippen LogP contribution is -2.57. The van der Waals surface area contributed by atoms with Crippen molar-refractivity contribution in [2.75, 3.05) is 0 Å². The van der Waals surface area contributed by atoms with Gasteiger partial charge >= 0.3 is 5.97 Å². The second kappa shape index (κ2) is 6.46. The van der Waals surface area contributed by atoms with E-state index in [2.05, 4.69) is 13.8 Å². The van der Waals surface area contributed by atoms with Crippen molar-refractivity contribution in [2.45, 2.75) is 90.3 Å². The molecule has 0 aliphatic heterocycles. The molecule has 8 unspecified atom stereocenters. The van der Waals surface area contributed by atoms with E-state index in [0.717, 1.165) is 51.4 Å². The highest BCUT2D eigenvalue weighted by Crippen LogP contribution is 2.68. The zero-order chi connectivity index (χ0) is 18.7. The summed E-state index contributed by atoms with van der Waals surface area (Å²) < 4.78 is 15.5. The molecule has 4 fully saturated rings. The van der Waals surface area contributed by atoms with Crippen LogP contribution in [0.1, 0.15) is 78.1 Å². The molecule has 0 aromatic heterocycles. The summed E-state index contributed by atoms with van der Waals surface area (Å²) in [6.07, 6.45) is 7.70. The highest BCUT2D eigenvalue weighted by molar-refractivity contribution is 5.66. The predicted octanol–water partition coefficient (Wildman–Crippen LogP) is 4.82. The average Bonchev–Trinajstić information content (AvgIpc) is 2.91. The molecular formula is C22H35FO3. The predicted molar refractivity (Wildman–Crippen MR) is 98.4 cm³/mol. The highest BCUT2D eigenvalue weighted by atomic mass is 19.1. The van der Waals surface area contributed by atoms with Gasteiger partial charge in [0, 0.05) is 6.42 Å². The van der Waals surface area contributed by atoms with Crippen LogP contribution < -0.4 is 0 Å². The number of aliphatic carboxylic acids is 1. The molecular weight excluding hydrogens is 331 g/mol. The van der Waals surface area contributed by atoms with Crippen LogP contribution in [0.25, 0.3) is 0 Å². The van der Waals surface area contributed by atoms with Gasteiger partial charge in [0.25, 0.3) is 0 Å². The van der Waals surface area contributed by atoms with Crippen molar-refractivity contribution in [3.8, 4) is 0 Å². The molecule has 4 aliphatic rings. The largest absolute Gasteiger partial charge is 0.481 e. The number of halogens is 1. The van der Waals surface area contributed by atoms with Gasteiger partial charge in [0.2, 0.25) is 0 Å². The molecule has 0 aromatic rings. The van der Waals surface area contributed by atoms with E-state index in [1.165, 1.54) is 0 Å². The maximum atomic E-state index is 15.5. The van der Waals surface area contributed by atoms with Crippen LogP contribution in [0, 0.1) is 40.4 Å². The van der Waals surface area contributed by atoms with Crippen LogP contribution in [-0.2, 0) is 4.79 Å². The molecule has 4 saturated carbocycles. The Labute approximate surface area is 156 Å². The molecule has 4 rings (SSSR count). The molecule has 0 spiro atoms. The lowest BCUT2D eigenvalue weighted by Gasteiger charge is -2.61. The molecule has 9 atom stereocenters. The van der Waals surface area contributed by atoms with Gasteiger partial charge in [-0.25, -0.2) is 4.39 Å². The smallest absolute Gasteiger partial charge is 0.303 e. The van der Waals surface area contributed by atoms with Gasteiger partial charge in [0.05, 0.1) is 6.10 Å². The van der Waals surface area contributed by atoms with Crippen molar-refractivity contribution >= 4 is 5.97 Å². The molecule has 0 aromatic carbocycles. The summed E-state index contributed by atoms with van der Waals surface area (Å²) in [5.74, 6) is 1.08. The summed E-state index contributed by atoms with van der Waals surface area (Å²) in [4.78, 5) is 11.0.